The highest BCUT2D eigenvalue weighted by Gasteiger charge is 2.49. The van der Waals surface area contributed by atoms with E-state index in [1.54, 1.807) is 11.3 Å². The number of hydrogen-bond acceptors (Lipinski definition) is 5. The normalized spacial score (nSPS) is 22.7. The fourth-order valence-electron chi connectivity index (χ4n) is 5.51. The number of hydrogen-bond donors (Lipinski definition) is 0. The second-order valence-corrected chi connectivity index (χ2v) is 9.47. The smallest absolute Gasteiger partial charge is 0.246 e. The monoisotopic (exact) mass is 448 g/mol. The van der Waals surface area contributed by atoms with Gasteiger partial charge in [-0.05, 0) is 49.8 Å². The van der Waals surface area contributed by atoms with Gasteiger partial charge in [0.05, 0.1) is 11.5 Å². The first-order valence-electron chi connectivity index (χ1n) is 12.1. The number of nitrogens with zero attached hydrogens (tertiary/aromatic N) is 4. The third-order valence-electron chi connectivity index (χ3n) is 7.41. The van der Waals surface area contributed by atoms with E-state index in [-0.39, 0.29) is 23.3 Å². The molecule has 0 N–H and O–H groups in total. The Labute approximate surface area is 195 Å². The van der Waals surface area contributed by atoms with Gasteiger partial charge in [-0.3, -0.25) is 14.4 Å². The minimum Gasteiger partial charge on any atom is -0.356 e. The lowest BCUT2D eigenvalue weighted by Gasteiger charge is -2.45. The maximum atomic E-state index is 13.4. The Morgan fingerprint density at radius 3 is 2.58 bits per heavy atom. The molecule has 7 nitrogen and oxygen atoms in total. The first kappa shape index (κ1) is 21.9. The van der Waals surface area contributed by atoms with Crippen LogP contribution in [0.4, 0.5) is 5.82 Å². The molecule has 3 aliphatic rings. The molecule has 2 amide bonds. The van der Waals surface area contributed by atoms with E-state index in [2.05, 4.69) is 9.88 Å². The second kappa shape index (κ2) is 9.51. The zero-order valence-electron chi connectivity index (χ0n) is 19.1. The van der Waals surface area contributed by atoms with E-state index < -0.39 is 0 Å². The van der Waals surface area contributed by atoms with Gasteiger partial charge < -0.3 is 9.80 Å². The number of aromatic nitrogens is 1. The summed E-state index contributed by atoms with van der Waals surface area (Å²) in [6, 6.07) is 15.9. The molecule has 0 saturated carbocycles. The van der Waals surface area contributed by atoms with Crippen LogP contribution >= 0.6 is 0 Å². The van der Waals surface area contributed by atoms with Crippen molar-refractivity contribution in [3.8, 4) is 0 Å². The maximum Gasteiger partial charge on any atom is 0.246 e. The fourth-order valence-corrected chi connectivity index (χ4v) is 5.51. The molecule has 7 heteroatoms. The Morgan fingerprint density at radius 2 is 1.82 bits per heavy atom. The number of carbonyl (C=O) groups is 2. The van der Waals surface area contributed by atoms with Crippen molar-refractivity contribution in [3.05, 3.63) is 60.3 Å². The van der Waals surface area contributed by atoms with Crippen molar-refractivity contribution in [2.24, 2.45) is 5.92 Å². The van der Waals surface area contributed by atoms with Crippen molar-refractivity contribution in [1.82, 2.24) is 14.9 Å². The van der Waals surface area contributed by atoms with E-state index >= 15 is 0 Å². The largest absolute Gasteiger partial charge is 0.356 e. The zero-order chi connectivity index (χ0) is 22.7. The number of anilines is 1. The van der Waals surface area contributed by atoms with E-state index in [9.17, 15) is 9.59 Å². The molecule has 1 aromatic heterocycles. The molecule has 174 valence electrons. The summed E-state index contributed by atoms with van der Waals surface area (Å²) in [4.78, 5) is 40.7. The van der Waals surface area contributed by atoms with Crippen molar-refractivity contribution >= 4 is 17.6 Å². The summed E-state index contributed by atoms with van der Waals surface area (Å²) in [5.74, 6) is 1.25. The third-order valence-corrected chi connectivity index (χ3v) is 7.41. The molecule has 2 aromatic rings. The highest BCUT2D eigenvalue weighted by molar-refractivity contribution is 5.81. The second-order valence-electron chi connectivity index (χ2n) is 9.47. The summed E-state index contributed by atoms with van der Waals surface area (Å²) >= 11 is 0. The average Bonchev–Trinajstić information content (AvgIpc) is 3.18. The van der Waals surface area contributed by atoms with Crippen LogP contribution in [0.3, 0.4) is 0 Å². The van der Waals surface area contributed by atoms with Crippen LogP contribution in [-0.2, 0) is 21.0 Å². The maximum absolute atomic E-state index is 13.4. The van der Waals surface area contributed by atoms with Gasteiger partial charge in [-0.15, -0.1) is 0 Å². The van der Waals surface area contributed by atoms with Gasteiger partial charge in [-0.2, -0.15) is 0 Å². The molecule has 3 saturated heterocycles. The quantitative estimate of drug-likeness (QED) is 0.701. The highest BCUT2D eigenvalue weighted by Crippen LogP contribution is 2.40. The summed E-state index contributed by atoms with van der Waals surface area (Å²) in [7, 11) is 0. The predicted octanol–water partition coefficient (Wildman–Crippen LogP) is 3.41. The Hall–Kier alpha value is -2.93. The van der Waals surface area contributed by atoms with Gasteiger partial charge in [-0.1, -0.05) is 36.4 Å². The highest BCUT2D eigenvalue weighted by atomic mass is 16.7. The van der Waals surface area contributed by atoms with E-state index in [0.29, 0.717) is 26.1 Å². The number of hydroxylamine groups is 2. The van der Waals surface area contributed by atoms with Crippen LogP contribution in [0, 0.1) is 5.92 Å². The van der Waals surface area contributed by atoms with Crippen LogP contribution in [-0.4, -0.2) is 58.5 Å². The van der Waals surface area contributed by atoms with E-state index in [1.807, 2.05) is 53.4 Å². The molecule has 0 radical (unpaired) electrons. The molecular weight excluding hydrogens is 416 g/mol. The molecule has 4 heterocycles. The lowest BCUT2D eigenvalue weighted by Crippen LogP contribution is -2.55. The molecular formula is C26H32N4O3. The number of likely N-dealkylation sites (tertiary alicyclic amines) is 1. The van der Waals surface area contributed by atoms with Gasteiger partial charge in [0.2, 0.25) is 11.8 Å². The number of amides is 2. The average molecular weight is 449 g/mol. The Morgan fingerprint density at radius 1 is 1.03 bits per heavy atom. The summed E-state index contributed by atoms with van der Waals surface area (Å²) in [6.07, 6.45) is 6.60. The molecule has 1 aromatic carbocycles. The lowest BCUT2D eigenvalue weighted by atomic mass is 9.85. The van der Waals surface area contributed by atoms with E-state index in [0.717, 1.165) is 56.6 Å². The molecule has 3 aliphatic heterocycles. The van der Waals surface area contributed by atoms with Crippen LogP contribution in [0.15, 0.2) is 54.7 Å². The van der Waals surface area contributed by atoms with Crippen LogP contribution < -0.4 is 4.90 Å². The molecule has 0 aliphatic carbocycles. The van der Waals surface area contributed by atoms with Crippen LogP contribution in [0.2, 0.25) is 0 Å². The Bertz CT molecular complexity index is 960. The molecule has 5 rings (SSSR count). The van der Waals surface area contributed by atoms with Gasteiger partial charge in [0.1, 0.15) is 12.4 Å². The van der Waals surface area contributed by atoms with Gasteiger partial charge in [0, 0.05) is 38.8 Å². The summed E-state index contributed by atoms with van der Waals surface area (Å²) in [5.41, 5.74) is 0.768. The van der Waals surface area contributed by atoms with Crippen molar-refractivity contribution in [2.75, 3.05) is 31.1 Å². The minimum absolute atomic E-state index is 0.00505. The summed E-state index contributed by atoms with van der Waals surface area (Å²) < 4.78 is 0. The van der Waals surface area contributed by atoms with Crippen molar-refractivity contribution in [2.45, 2.75) is 50.7 Å². The number of carbonyl (C=O) groups excluding carboxylic acids is 2. The lowest BCUT2D eigenvalue weighted by molar-refractivity contribution is -0.222. The van der Waals surface area contributed by atoms with Crippen molar-refractivity contribution < 1.29 is 14.4 Å². The van der Waals surface area contributed by atoms with Gasteiger partial charge in [0.25, 0.3) is 0 Å². The van der Waals surface area contributed by atoms with Gasteiger partial charge >= 0.3 is 0 Å². The third kappa shape index (κ3) is 4.60. The van der Waals surface area contributed by atoms with Crippen molar-refractivity contribution in [3.63, 3.8) is 0 Å². The number of pyridine rings is 1. The predicted molar refractivity (Wildman–Crippen MR) is 125 cm³/mol. The summed E-state index contributed by atoms with van der Waals surface area (Å²) in [6.45, 7) is 3.42. The summed E-state index contributed by atoms with van der Waals surface area (Å²) in [5, 5.41) is 1.64. The molecule has 0 bridgehead atoms. The standard InChI is InChI=1S/C26H32N4O3/c31-24-11-12-26(30(24)33-20-21-7-2-1-3-8-21)13-17-28(18-14-26)25(32)22-9-6-16-29(19-22)23-10-4-5-15-27-23/h1-5,7-8,10,15,22H,6,9,11-14,16-20H2. The van der Waals surface area contributed by atoms with E-state index in [4.69, 9.17) is 4.84 Å². The first-order valence-corrected chi connectivity index (χ1v) is 12.1. The Kier molecular flexibility index (Phi) is 6.31. The SMILES string of the molecule is O=C(C1CCCN(c2ccccn2)C1)N1CCC2(CCC(=O)N2OCc2ccccc2)CC1. The van der Waals surface area contributed by atoms with Crippen molar-refractivity contribution in [1.29, 1.82) is 0 Å². The molecule has 33 heavy (non-hydrogen) atoms. The van der Waals surface area contributed by atoms with E-state index in [1.165, 1.54) is 0 Å². The zero-order valence-corrected chi connectivity index (χ0v) is 19.1. The first-order chi connectivity index (χ1) is 16.1. The van der Waals surface area contributed by atoms with Crippen LogP contribution in [0.25, 0.3) is 0 Å². The number of benzene rings is 1. The van der Waals surface area contributed by atoms with Gasteiger partial charge in [0.15, 0.2) is 0 Å². The van der Waals surface area contributed by atoms with Crippen LogP contribution in [0.1, 0.15) is 44.1 Å². The van der Waals surface area contributed by atoms with Gasteiger partial charge in [-0.25, -0.2) is 10.0 Å². The minimum atomic E-state index is -0.283. The molecule has 1 spiro atoms. The topological polar surface area (TPSA) is 66.0 Å². The number of rotatable bonds is 5. The number of piperidine rings is 2. The fraction of sp³-hybridized carbons (Fsp3) is 0.500. The molecule has 1 unspecified atom stereocenters. The van der Waals surface area contributed by atoms with Crippen LogP contribution in [0.5, 0.6) is 0 Å². The Balaban J connectivity index is 1.19. The molecule has 1 atom stereocenters. The molecule has 3 fully saturated rings.